The zero-order valence-electron chi connectivity index (χ0n) is 10.2. The summed E-state index contributed by atoms with van der Waals surface area (Å²) in [6.45, 7) is 1.80. The lowest BCUT2D eigenvalue weighted by atomic mass is 10.1. The van der Waals surface area contributed by atoms with Gasteiger partial charge in [-0.2, -0.15) is 0 Å². The number of fused-ring (bicyclic) bond motifs is 1. The lowest BCUT2D eigenvalue weighted by molar-refractivity contribution is 0.205. The third kappa shape index (κ3) is 2.90. The second kappa shape index (κ2) is 5.71. The van der Waals surface area contributed by atoms with Crippen molar-refractivity contribution in [1.29, 1.82) is 0 Å². The van der Waals surface area contributed by atoms with E-state index in [2.05, 4.69) is 16.8 Å². The summed E-state index contributed by atoms with van der Waals surface area (Å²) in [6.07, 6.45) is 1.09. The van der Waals surface area contributed by atoms with E-state index >= 15 is 0 Å². The van der Waals surface area contributed by atoms with Crippen LogP contribution in [0, 0.1) is 0 Å². The van der Waals surface area contributed by atoms with Crippen molar-refractivity contribution in [3.8, 4) is 5.75 Å². The molecule has 2 heterocycles. The minimum Gasteiger partial charge on any atom is -0.484 e. The Morgan fingerprint density at radius 2 is 2.11 bits per heavy atom. The summed E-state index contributed by atoms with van der Waals surface area (Å²) in [7, 11) is 0. The first-order valence-corrected chi connectivity index (χ1v) is 7.76. The molecule has 1 N–H and O–H groups in total. The number of halogens is 2. The standard InChI is InChI=1S/C14H13Cl2NOS/c15-11-2-1-9(7-12(11)16)18-13-8-17-5-3-14-10(13)4-6-19-14/h1-2,4,6-7,13,17H,3,5,8H2. The Morgan fingerprint density at radius 3 is 2.95 bits per heavy atom. The molecular weight excluding hydrogens is 301 g/mol. The van der Waals surface area contributed by atoms with Crippen molar-refractivity contribution in [2.45, 2.75) is 12.5 Å². The van der Waals surface area contributed by atoms with Crippen LogP contribution in [0.2, 0.25) is 10.0 Å². The summed E-state index contributed by atoms with van der Waals surface area (Å²) in [5, 5.41) is 6.59. The fourth-order valence-electron chi connectivity index (χ4n) is 2.21. The number of rotatable bonds is 2. The molecule has 0 fully saturated rings. The van der Waals surface area contributed by atoms with Gasteiger partial charge in [-0.15, -0.1) is 11.3 Å². The summed E-state index contributed by atoms with van der Waals surface area (Å²) in [4.78, 5) is 1.40. The van der Waals surface area contributed by atoms with Gasteiger partial charge < -0.3 is 10.1 Å². The molecule has 2 aromatic rings. The smallest absolute Gasteiger partial charge is 0.137 e. The monoisotopic (exact) mass is 313 g/mol. The number of ether oxygens (including phenoxy) is 1. The Bertz CT molecular complexity index is 585. The van der Waals surface area contributed by atoms with Crippen molar-refractivity contribution in [1.82, 2.24) is 5.32 Å². The first-order chi connectivity index (χ1) is 9.24. The highest BCUT2D eigenvalue weighted by Crippen LogP contribution is 2.32. The number of hydrogen-bond acceptors (Lipinski definition) is 3. The Hall–Kier alpha value is -0.740. The van der Waals surface area contributed by atoms with E-state index in [4.69, 9.17) is 27.9 Å². The molecule has 100 valence electrons. The predicted octanol–water partition coefficient (Wildman–Crippen LogP) is 4.32. The fourth-order valence-corrected chi connectivity index (χ4v) is 3.43. The third-order valence-electron chi connectivity index (χ3n) is 3.15. The van der Waals surface area contributed by atoms with Crippen LogP contribution in [-0.4, -0.2) is 13.1 Å². The van der Waals surface area contributed by atoms with Gasteiger partial charge in [-0.1, -0.05) is 23.2 Å². The van der Waals surface area contributed by atoms with E-state index in [0.29, 0.717) is 10.0 Å². The van der Waals surface area contributed by atoms with Gasteiger partial charge in [0.1, 0.15) is 11.9 Å². The maximum absolute atomic E-state index is 6.06. The molecule has 1 aliphatic heterocycles. The van der Waals surface area contributed by atoms with Crippen LogP contribution in [0.4, 0.5) is 0 Å². The van der Waals surface area contributed by atoms with Gasteiger partial charge in [0.2, 0.25) is 0 Å². The molecule has 0 aliphatic carbocycles. The minimum absolute atomic E-state index is 0.0287. The van der Waals surface area contributed by atoms with E-state index in [1.54, 1.807) is 23.5 Å². The van der Waals surface area contributed by atoms with Gasteiger partial charge in [0.05, 0.1) is 10.0 Å². The Morgan fingerprint density at radius 1 is 1.21 bits per heavy atom. The molecule has 1 atom stereocenters. The van der Waals surface area contributed by atoms with Crippen LogP contribution in [0.3, 0.4) is 0 Å². The van der Waals surface area contributed by atoms with Gasteiger partial charge >= 0.3 is 0 Å². The van der Waals surface area contributed by atoms with E-state index in [1.807, 2.05) is 6.07 Å². The summed E-state index contributed by atoms with van der Waals surface area (Å²) >= 11 is 13.7. The van der Waals surface area contributed by atoms with E-state index in [9.17, 15) is 0 Å². The number of hydrogen-bond donors (Lipinski definition) is 1. The maximum Gasteiger partial charge on any atom is 0.137 e. The van der Waals surface area contributed by atoms with Crippen LogP contribution in [0.25, 0.3) is 0 Å². The van der Waals surface area contributed by atoms with Gasteiger partial charge in [-0.3, -0.25) is 0 Å². The highest BCUT2D eigenvalue weighted by atomic mass is 35.5. The number of thiophene rings is 1. The summed E-state index contributed by atoms with van der Waals surface area (Å²) in [5.74, 6) is 0.750. The van der Waals surface area contributed by atoms with Crippen LogP contribution in [0.15, 0.2) is 29.6 Å². The van der Waals surface area contributed by atoms with E-state index in [-0.39, 0.29) is 6.10 Å². The molecule has 1 aliphatic rings. The SMILES string of the molecule is Clc1ccc(OC2CNCCc3sccc32)cc1Cl. The first-order valence-electron chi connectivity index (χ1n) is 6.13. The predicted molar refractivity (Wildman–Crippen MR) is 80.7 cm³/mol. The molecule has 0 saturated heterocycles. The lowest BCUT2D eigenvalue weighted by Gasteiger charge is -2.18. The van der Waals surface area contributed by atoms with Crippen LogP contribution < -0.4 is 10.1 Å². The van der Waals surface area contributed by atoms with Gasteiger partial charge in [0.25, 0.3) is 0 Å². The second-order valence-electron chi connectivity index (χ2n) is 4.44. The molecule has 1 unspecified atom stereocenters. The van der Waals surface area contributed by atoms with Crippen molar-refractivity contribution in [2.24, 2.45) is 0 Å². The quantitative estimate of drug-likeness (QED) is 0.891. The maximum atomic E-state index is 6.06. The van der Waals surface area contributed by atoms with Crippen molar-refractivity contribution in [2.75, 3.05) is 13.1 Å². The Kier molecular flexibility index (Phi) is 3.99. The zero-order chi connectivity index (χ0) is 13.2. The Labute approximate surface area is 126 Å². The van der Waals surface area contributed by atoms with Gasteiger partial charge in [0.15, 0.2) is 0 Å². The molecule has 1 aromatic heterocycles. The highest BCUT2D eigenvalue weighted by molar-refractivity contribution is 7.10. The molecular formula is C14H13Cl2NOS. The van der Waals surface area contributed by atoms with Crippen LogP contribution in [0.1, 0.15) is 16.5 Å². The normalized spacial score (nSPS) is 18.7. The summed E-state index contributed by atoms with van der Waals surface area (Å²) in [5.41, 5.74) is 1.28. The van der Waals surface area contributed by atoms with Crippen LogP contribution in [0.5, 0.6) is 5.75 Å². The number of benzene rings is 1. The largest absolute Gasteiger partial charge is 0.484 e. The average Bonchev–Trinajstić information content (AvgIpc) is 2.78. The van der Waals surface area contributed by atoms with E-state index in [1.165, 1.54) is 10.4 Å². The van der Waals surface area contributed by atoms with Crippen molar-refractivity contribution in [3.63, 3.8) is 0 Å². The van der Waals surface area contributed by atoms with Crippen molar-refractivity contribution < 1.29 is 4.74 Å². The van der Waals surface area contributed by atoms with Crippen molar-refractivity contribution >= 4 is 34.5 Å². The van der Waals surface area contributed by atoms with Crippen molar-refractivity contribution in [3.05, 3.63) is 50.1 Å². The molecule has 0 bridgehead atoms. The summed E-state index contributed by atoms with van der Waals surface area (Å²) < 4.78 is 6.06. The topological polar surface area (TPSA) is 21.3 Å². The molecule has 0 amide bonds. The highest BCUT2D eigenvalue weighted by Gasteiger charge is 2.21. The second-order valence-corrected chi connectivity index (χ2v) is 6.25. The van der Waals surface area contributed by atoms with Gasteiger partial charge in [-0.05, 0) is 30.0 Å². The van der Waals surface area contributed by atoms with E-state index < -0.39 is 0 Å². The van der Waals surface area contributed by atoms with E-state index in [0.717, 1.165) is 25.3 Å². The molecule has 0 spiro atoms. The van der Waals surface area contributed by atoms with Gasteiger partial charge in [-0.25, -0.2) is 0 Å². The molecule has 3 rings (SSSR count). The first kappa shape index (κ1) is 13.3. The zero-order valence-corrected chi connectivity index (χ0v) is 12.5. The number of nitrogens with one attached hydrogen (secondary N) is 1. The minimum atomic E-state index is 0.0287. The van der Waals surface area contributed by atoms with Crippen LogP contribution in [-0.2, 0) is 6.42 Å². The third-order valence-corrected chi connectivity index (χ3v) is 4.89. The molecule has 1 aromatic carbocycles. The van der Waals surface area contributed by atoms with Crippen LogP contribution >= 0.6 is 34.5 Å². The molecule has 19 heavy (non-hydrogen) atoms. The fraction of sp³-hybridized carbons (Fsp3) is 0.286. The average molecular weight is 314 g/mol. The molecule has 5 heteroatoms. The molecule has 2 nitrogen and oxygen atoms in total. The van der Waals surface area contributed by atoms with Gasteiger partial charge in [0, 0.05) is 29.6 Å². The molecule has 0 radical (unpaired) electrons. The summed E-state index contributed by atoms with van der Waals surface area (Å²) in [6, 6.07) is 7.53. The lowest BCUT2D eigenvalue weighted by Crippen LogP contribution is -2.23. The Balaban J connectivity index is 1.85. The molecule has 0 saturated carbocycles.